The maximum Gasteiger partial charge on any atom is 0.0708 e. The summed E-state index contributed by atoms with van der Waals surface area (Å²) >= 11 is 3.54. The first-order chi connectivity index (χ1) is 8.25. The molecule has 17 heavy (non-hydrogen) atoms. The maximum absolute atomic E-state index is 4.82. The average molecular weight is 291 g/mol. The summed E-state index contributed by atoms with van der Waals surface area (Å²) in [7, 11) is 0. The Morgan fingerprint density at radius 2 is 2.06 bits per heavy atom. The number of rotatable bonds is 0. The molecular formula is C14H15BrN2. The number of hydrogen-bond donors (Lipinski definition) is 1. The molecule has 88 valence electrons. The van der Waals surface area contributed by atoms with Gasteiger partial charge in [0.15, 0.2) is 0 Å². The summed E-state index contributed by atoms with van der Waals surface area (Å²) in [6, 6.07) is 6.34. The summed E-state index contributed by atoms with van der Waals surface area (Å²) in [5.74, 6) is 0. The second-order valence-corrected chi connectivity index (χ2v) is 5.49. The molecule has 0 saturated heterocycles. The van der Waals surface area contributed by atoms with E-state index in [1.165, 1.54) is 22.2 Å². The van der Waals surface area contributed by atoms with E-state index in [2.05, 4.69) is 46.4 Å². The Kier molecular flexibility index (Phi) is 2.89. The molecule has 1 aliphatic rings. The summed E-state index contributed by atoms with van der Waals surface area (Å²) in [6.45, 7) is 4.33. The molecule has 0 saturated carbocycles. The molecule has 2 nitrogen and oxygen atoms in total. The van der Waals surface area contributed by atoms with Crippen LogP contribution in [0.3, 0.4) is 0 Å². The Bertz CT molecular complexity index is 578. The van der Waals surface area contributed by atoms with Crippen LogP contribution in [0.15, 0.2) is 22.7 Å². The maximum atomic E-state index is 4.82. The van der Waals surface area contributed by atoms with Crippen molar-refractivity contribution >= 4 is 26.8 Å². The van der Waals surface area contributed by atoms with E-state index < -0.39 is 0 Å². The Morgan fingerprint density at radius 3 is 2.94 bits per heavy atom. The van der Waals surface area contributed by atoms with Crippen LogP contribution in [-0.2, 0) is 12.8 Å². The third-order valence-corrected chi connectivity index (χ3v) is 4.00. The van der Waals surface area contributed by atoms with Crippen molar-refractivity contribution in [3.8, 4) is 0 Å². The van der Waals surface area contributed by atoms with Crippen LogP contribution in [0.25, 0.3) is 10.9 Å². The number of benzene rings is 1. The quantitative estimate of drug-likeness (QED) is 0.807. The third kappa shape index (κ3) is 1.98. The van der Waals surface area contributed by atoms with Crippen molar-refractivity contribution in [1.29, 1.82) is 0 Å². The predicted octanol–water partition coefficient (Wildman–Crippen LogP) is 2.99. The van der Waals surface area contributed by atoms with Gasteiger partial charge in [-0.25, -0.2) is 0 Å². The van der Waals surface area contributed by atoms with Gasteiger partial charge in [0.2, 0.25) is 0 Å². The largest absolute Gasteiger partial charge is 0.316 e. The number of pyridine rings is 1. The SMILES string of the molecule is Cc1c2c(nc3ccc(Br)cc13)CCNCC2. The van der Waals surface area contributed by atoms with E-state index in [9.17, 15) is 0 Å². The fraction of sp³-hybridized carbons (Fsp3) is 0.357. The smallest absolute Gasteiger partial charge is 0.0708 e. The first-order valence-electron chi connectivity index (χ1n) is 6.04. The van der Waals surface area contributed by atoms with Gasteiger partial charge in [-0.05, 0) is 49.2 Å². The third-order valence-electron chi connectivity index (χ3n) is 3.51. The molecule has 1 aromatic carbocycles. The second-order valence-electron chi connectivity index (χ2n) is 4.57. The number of fused-ring (bicyclic) bond motifs is 2. The van der Waals surface area contributed by atoms with E-state index in [4.69, 9.17) is 4.98 Å². The first kappa shape index (κ1) is 11.2. The van der Waals surface area contributed by atoms with Gasteiger partial charge in [-0.3, -0.25) is 4.98 Å². The number of aryl methyl sites for hydroxylation is 1. The van der Waals surface area contributed by atoms with Crippen molar-refractivity contribution in [3.05, 3.63) is 39.5 Å². The van der Waals surface area contributed by atoms with Crippen molar-refractivity contribution in [2.24, 2.45) is 0 Å². The monoisotopic (exact) mass is 290 g/mol. The lowest BCUT2D eigenvalue weighted by atomic mass is 9.99. The van der Waals surface area contributed by atoms with Crippen molar-refractivity contribution in [3.63, 3.8) is 0 Å². The molecule has 3 heteroatoms. The molecule has 0 unspecified atom stereocenters. The highest BCUT2D eigenvalue weighted by Gasteiger charge is 2.14. The average Bonchev–Trinajstić information content (AvgIpc) is 2.56. The molecule has 2 heterocycles. The summed E-state index contributed by atoms with van der Waals surface area (Å²) in [6.07, 6.45) is 2.14. The minimum atomic E-state index is 1.04. The van der Waals surface area contributed by atoms with Crippen LogP contribution < -0.4 is 5.32 Å². The zero-order valence-corrected chi connectivity index (χ0v) is 11.5. The van der Waals surface area contributed by atoms with Crippen molar-refractivity contribution < 1.29 is 0 Å². The van der Waals surface area contributed by atoms with Gasteiger partial charge < -0.3 is 5.32 Å². The van der Waals surface area contributed by atoms with Gasteiger partial charge in [-0.1, -0.05) is 15.9 Å². The van der Waals surface area contributed by atoms with Crippen molar-refractivity contribution in [2.45, 2.75) is 19.8 Å². The molecule has 1 N–H and O–H groups in total. The normalized spacial score (nSPS) is 15.6. The summed E-state index contributed by atoms with van der Waals surface area (Å²) < 4.78 is 1.13. The Hall–Kier alpha value is -0.930. The molecule has 0 atom stereocenters. The molecule has 0 bridgehead atoms. The van der Waals surface area contributed by atoms with E-state index in [1.54, 1.807) is 0 Å². The van der Waals surface area contributed by atoms with Crippen LogP contribution in [0.2, 0.25) is 0 Å². The number of nitrogens with zero attached hydrogens (tertiary/aromatic N) is 1. The zero-order valence-electron chi connectivity index (χ0n) is 9.89. The fourth-order valence-corrected chi connectivity index (χ4v) is 2.94. The highest BCUT2D eigenvalue weighted by molar-refractivity contribution is 9.10. The van der Waals surface area contributed by atoms with Crippen molar-refractivity contribution in [2.75, 3.05) is 13.1 Å². The molecule has 3 rings (SSSR count). The zero-order chi connectivity index (χ0) is 11.8. The highest BCUT2D eigenvalue weighted by atomic mass is 79.9. The van der Waals surface area contributed by atoms with Crippen LogP contribution in [0, 0.1) is 6.92 Å². The van der Waals surface area contributed by atoms with Crippen LogP contribution in [0.4, 0.5) is 0 Å². The van der Waals surface area contributed by atoms with Gasteiger partial charge in [0.1, 0.15) is 0 Å². The topological polar surface area (TPSA) is 24.9 Å². The Labute approximate surface area is 110 Å². The van der Waals surface area contributed by atoms with E-state index in [1.807, 2.05) is 0 Å². The lowest BCUT2D eigenvalue weighted by Gasteiger charge is -2.12. The number of hydrogen-bond acceptors (Lipinski definition) is 2. The molecule has 2 aromatic rings. The molecular weight excluding hydrogens is 276 g/mol. The Balaban J connectivity index is 2.29. The predicted molar refractivity (Wildman–Crippen MR) is 74.5 cm³/mol. The molecule has 0 amide bonds. The lowest BCUT2D eigenvalue weighted by molar-refractivity contribution is 0.708. The minimum absolute atomic E-state index is 1.04. The minimum Gasteiger partial charge on any atom is -0.316 e. The summed E-state index contributed by atoms with van der Waals surface area (Å²) in [5, 5.41) is 4.72. The van der Waals surface area contributed by atoms with Gasteiger partial charge in [0.25, 0.3) is 0 Å². The van der Waals surface area contributed by atoms with E-state index in [0.717, 1.165) is 35.9 Å². The van der Waals surface area contributed by atoms with Crippen LogP contribution in [-0.4, -0.2) is 18.1 Å². The lowest BCUT2D eigenvalue weighted by Crippen LogP contribution is -2.16. The van der Waals surface area contributed by atoms with Crippen LogP contribution in [0.1, 0.15) is 16.8 Å². The molecule has 1 aromatic heterocycles. The molecule has 1 aliphatic heterocycles. The number of halogens is 1. The summed E-state index contributed by atoms with van der Waals surface area (Å²) in [4.78, 5) is 4.82. The Morgan fingerprint density at radius 1 is 1.24 bits per heavy atom. The molecule has 0 fully saturated rings. The molecule has 0 spiro atoms. The van der Waals surface area contributed by atoms with Gasteiger partial charge in [0.05, 0.1) is 5.52 Å². The first-order valence-corrected chi connectivity index (χ1v) is 6.83. The second kappa shape index (κ2) is 4.39. The van der Waals surface area contributed by atoms with E-state index in [-0.39, 0.29) is 0 Å². The van der Waals surface area contributed by atoms with Crippen molar-refractivity contribution in [1.82, 2.24) is 10.3 Å². The fourth-order valence-electron chi connectivity index (χ4n) is 2.58. The van der Waals surface area contributed by atoms with Gasteiger partial charge >= 0.3 is 0 Å². The van der Waals surface area contributed by atoms with Gasteiger partial charge in [-0.2, -0.15) is 0 Å². The van der Waals surface area contributed by atoms with E-state index in [0.29, 0.717) is 0 Å². The standard InChI is InChI=1S/C14H15BrN2/c1-9-11-4-6-16-7-5-14(11)17-13-3-2-10(15)8-12(9)13/h2-3,8,16H,4-7H2,1H3. The van der Waals surface area contributed by atoms with Gasteiger partial charge in [-0.15, -0.1) is 0 Å². The van der Waals surface area contributed by atoms with Gasteiger partial charge in [0, 0.05) is 28.5 Å². The van der Waals surface area contributed by atoms with Crippen LogP contribution in [0.5, 0.6) is 0 Å². The van der Waals surface area contributed by atoms with Crippen LogP contribution >= 0.6 is 15.9 Å². The number of aromatic nitrogens is 1. The summed E-state index contributed by atoms with van der Waals surface area (Å²) in [5.41, 5.74) is 5.24. The molecule has 0 radical (unpaired) electrons. The highest BCUT2D eigenvalue weighted by Crippen LogP contribution is 2.27. The number of nitrogens with one attached hydrogen (secondary N) is 1. The van der Waals surface area contributed by atoms with E-state index >= 15 is 0 Å². The molecule has 0 aliphatic carbocycles.